The van der Waals surface area contributed by atoms with Crippen LogP contribution in [0.5, 0.6) is 0 Å². The van der Waals surface area contributed by atoms with Gasteiger partial charge in [-0.05, 0) is 0 Å². The molecule has 0 fully saturated rings. The summed E-state index contributed by atoms with van der Waals surface area (Å²) in [5.41, 5.74) is 4.86. The molecule has 0 aliphatic rings. The fourth-order valence-corrected chi connectivity index (χ4v) is 0.537. The Labute approximate surface area is 62.3 Å². The van der Waals surface area contributed by atoms with Gasteiger partial charge in [-0.1, -0.05) is 5.16 Å². The third kappa shape index (κ3) is 1.74. The molecule has 0 atom stereocenters. The molecule has 0 unspecified atom stereocenters. The van der Waals surface area contributed by atoms with Crippen LogP contribution in [0, 0.1) is 0 Å². The number of carbonyl (C=O) groups is 1. The van der Waals surface area contributed by atoms with Gasteiger partial charge in [-0.2, -0.15) is 4.98 Å². The molecule has 0 radical (unpaired) electrons. The van der Waals surface area contributed by atoms with Crippen molar-refractivity contribution in [1.82, 2.24) is 10.1 Å². The average molecular weight is 157 g/mol. The molecule has 0 aromatic carbocycles. The predicted octanol–water partition coefficient (Wildman–Crippen LogP) is -0.685. The van der Waals surface area contributed by atoms with Crippen LogP contribution in [0.1, 0.15) is 16.5 Å². The molecule has 0 saturated heterocycles. The van der Waals surface area contributed by atoms with E-state index in [1.54, 1.807) is 0 Å². The Hall–Kier alpha value is -1.43. The molecule has 6 nitrogen and oxygen atoms in total. The highest BCUT2D eigenvalue weighted by molar-refractivity contribution is 5.88. The highest BCUT2D eigenvalue weighted by atomic mass is 16.5. The lowest BCUT2D eigenvalue weighted by molar-refractivity contribution is 0.0987. The summed E-state index contributed by atoms with van der Waals surface area (Å²) in [6.07, 6.45) is 0. The molecule has 6 heteroatoms. The van der Waals surface area contributed by atoms with Gasteiger partial charge < -0.3 is 15.0 Å². The van der Waals surface area contributed by atoms with Gasteiger partial charge in [0.15, 0.2) is 0 Å². The first-order valence-electron chi connectivity index (χ1n) is 2.85. The third-order valence-electron chi connectivity index (χ3n) is 0.956. The van der Waals surface area contributed by atoms with Crippen LogP contribution < -0.4 is 5.73 Å². The molecule has 1 heterocycles. The quantitative estimate of drug-likeness (QED) is 0.627. The molecule has 1 rings (SSSR count). The van der Waals surface area contributed by atoms with Crippen LogP contribution in [-0.2, 0) is 11.3 Å². The lowest BCUT2D eigenvalue weighted by atomic mass is 10.6. The molecule has 2 N–H and O–H groups in total. The van der Waals surface area contributed by atoms with Gasteiger partial charge in [-0.3, -0.25) is 4.79 Å². The fourth-order valence-electron chi connectivity index (χ4n) is 0.537. The van der Waals surface area contributed by atoms with Gasteiger partial charge in [0.25, 0.3) is 17.6 Å². The van der Waals surface area contributed by atoms with E-state index in [9.17, 15) is 4.79 Å². The minimum Gasteiger partial charge on any atom is -0.375 e. The third-order valence-corrected chi connectivity index (χ3v) is 0.956. The number of primary amides is 1. The minimum atomic E-state index is -0.712. The van der Waals surface area contributed by atoms with Crippen LogP contribution in [0.25, 0.3) is 0 Å². The lowest BCUT2D eigenvalue weighted by Crippen LogP contribution is -2.12. The first-order valence-corrected chi connectivity index (χ1v) is 2.85. The lowest BCUT2D eigenvalue weighted by Gasteiger charge is -1.85. The van der Waals surface area contributed by atoms with Crippen LogP contribution in [-0.4, -0.2) is 23.2 Å². The molecule has 1 amide bonds. The maximum atomic E-state index is 10.4. The van der Waals surface area contributed by atoms with Gasteiger partial charge in [-0.15, -0.1) is 0 Å². The molecule has 1 aromatic rings. The number of carbonyl (C=O) groups excluding carboxylic acids is 1. The van der Waals surface area contributed by atoms with Gasteiger partial charge >= 0.3 is 0 Å². The van der Waals surface area contributed by atoms with Crippen molar-refractivity contribution >= 4 is 5.91 Å². The molecule has 0 bridgehead atoms. The molecule has 0 aliphatic carbocycles. The zero-order chi connectivity index (χ0) is 8.27. The Morgan fingerprint density at radius 3 is 3.00 bits per heavy atom. The Morgan fingerprint density at radius 1 is 1.82 bits per heavy atom. The zero-order valence-corrected chi connectivity index (χ0v) is 5.90. The Kier molecular flexibility index (Phi) is 2.17. The maximum absolute atomic E-state index is 10.4. The highest BCUT2D eigenvalue weighted by Gasteiger charge is 2.09. The van der Waals surface area contributed by atoms with Crippen molar-refractivity contribution in [3.63, 3.8) is 0 Å². The van der Waals surface area contributed by atoms with E-state index in [-0.39, 0.29) is 18.3 Å². The number of rotatable bonds is 3. The van der Waals surface area contributed by atoms with Crippen LogP contribution in [0.4, 0.5) is 0 Å². The molecule has 0 spiro atoms. The van der Waals surface area contributed by atoms with Gasteiger partial charge in [0.2, 0.25) is 0 Å². The number of aromatic nitrogens is 2. The van der Waals surface area contributed by atoms with Crippen LogP contribution >= 0.6 is 0 Å². The molecular weight excluding hydrogens is 150 g/mol. The smallest absolute Gasteiger partial charge is 0.290 e. The SMILES string of the molecule is COCc1nc(C(N)=O)no1. The number of amides is 1. The Morgan fingerprint density at radius 2 is 2.55 bits per heavy atom. The number of nitrogens with two attached hydrogens (primary N) is 1. The average Bonchev–Trinajstić information content (AvgIpc) is 2.37. The number of hydrogen-bond donors (Lipinski definition) is 1. The zero-order valence-electron chi connectivity index (χ0n) is 5.90. The topological polar surface area (TPSA) is 91.2 Å². The van der Waals surface area contributed by atoms with E-state index in [2.05, 4.69) is 19.4 Å². The van der Waals surface area contributed by atoms with Gasteiger partial charge in [0.05, 0.1) is 0 Å². The van der Waals surface area contributed by atoms with Crippen molar-refractivity contribution in [3.05, 3.63) is 11.7 Å². The van der Waals surface area contributed by atoms with E-state index < -0.39 is 5.91 Å². The standard InChI is InChI=1S/C5H7N3O3/c1-10-2-3-7-5(4(6)9)8-11-3/h2H2,1H3,(H2,6,9). The van der Waals surface area contributed by atoms with Crippen molar-refractivity contribution < 1.29 is 14.1 Å². The largest absolute Gasteiger partial charge is 0.375 e. The van der Waals surface area contributed by atoms with Gasteiger partial charge in [0.1, 0.15) is 6.61 Å². The van der Waals surface area contributed by atoms with Gasteiger partial charge in [0, 0.05) is 7.11 Å². The van der Waals surface area contributed by atoms with Crippen molar-refractivity contribution in [1.29, 1.82) is 0 Å². The summed E-state index contributed by atoms with van der Waals surface area (Å²) in [4.78, 5) is 14.0. The maximum Gasteiger partial charge on any atom is 0.290 e. The normalized spacial score (nSPS) is 9.91. The van der Waals surface area contributed by atoms with Crippen molar-refractivity contribution in [3.8, 4) is 0 Å². The molecule has 0 aliphatic heterocycles. The molecule has 11 heavy (non-hydrogen) atoms. The fraction of sp³-hybridized carbons (Fsp3) is 0.400. The number of ether oxygens (including phenoxy) is 1. The molecule has 60 valence electrons. The van der Waals surface area contributed by atoms with Crippen LogP contribution in [0.15, 0.2) is 4.52 Å². The van der Waals surface area contributed by atoms with E-state index in [1.807, 2.05) is 0 Å². The number of nitrogens with zero attached hydrogens (tertiary/aromatic N) is 2. The summed E-state index contributed by atoms with van der Waals surface area (Å²) in [5, 5.41) is 3.29. The summed E-state index contributed by atoms with van der Waals surface area (Å²) in [6, 6.07) is 0. The Balaban J connectivity index is 2.73. The second-order valence-electron chi connectivity index (χ2n) is 1.81. The first-order chi connectivity index (χ1) is 5.24. The van der Waals surface area contributed by atoms with Crippen molar-refractivity contribution in [2.24, 2.45) is 5.73 Å². The highest BCUT2D eigenvalue weighted by Crippen LogP contribution is 1.96. The van der Waals surface area contributed by atoms with Gasteiger partial charge in [-0.25, -0.2) is 0 Å². The number of hydrogen-bond acceptors (Lipinski definition) is 5. The molecule has 1 aromatic heterocycles. The van der Waals surface area contributed by atoms with E-state index in [4.69, 9.17) is 5.73 Å². The second kappa shape index (κ2) is 3.11. The van der Waals surface area contributed by atoms with E-state index >= 15 is 0 Å². The Bertz CT molecular complexity index is 257. The predicted molar refractivity (Wildman–Crippen MR) is 33.5 cm³/mol. The molecule has 0 saturated carbocycles. The summed E-state index contributed by atoms with van der Waals surface area (Å²) in [6.45, 7) is 0.181. The van der Waals surface area contributed by atoms with Crippen LogP contribution in [0.2, 0.25) is 0 Å². The second-order valence-corrected chi connectivity index (χ2v) is 1.81. The minimum absolute atomic E-state index is 0.128. The van der Waals surface area contributed by atoms with E-state index in [0.717, 1.165) is 0 Å². The van der Waals surface area contributed by atoms with E-state index in [1.165, 1.54) is 7.11 Å². The van der Waals surface area contributed by atoms with Crippen molar-refractivity contribution in [2.45, 2.75) is 6.61 Å². The van der Waals surface area contributed by atoms with Crippen LogP contribution in [0.3, 0.4) is 0 Å². The van der Waals surface area contributed by atoms with Crippen molar-refractivity contribution in [2.75, 3.05) is 7.11 Å². The summed E-state index contributed by atoms with van der Waals surface area (Å²) >= 11 is 0. The first kappa shape index (κ1) is 7.67. The number of methoxy groups -OCH3 is 1. The monoisotopic (exact) mass is 157 g/mol. The van der Waals surface area contributed by atoms with E-state index in [0.29, 0.717) is 0 Å². The molecular formula is C5H7N3O3. The summed E-state index contributed by atoms with van der Waals surface area (Å²) < 4.78 is 9.25. The summed E-state index contributed by atoms with van der Waals surface area (Å²) in [7, 11) is 1.48. The summed E-state index contributed by atoms with van der Waals surface area (Å²) in [5.74, 6) is -0.602.